The van der Waals surface area contributed by atoms with E-state index >= 15 is 0 Å². The van der Waals surface area contributed by atoms with Gasteiger partial charge in [-0.25, -0.2) is 0 Å². The monoisotopic (exact) mass is 712 g/mol. The summed E-state index contributed by atoms with van der Waals surface area (Å²) in [6, 6.07) is 67.1. The molecule has 1 heteroatoms. The van der Waals surface area contributed by atoms with Crippen LogP contribution in [0.15, 0.2) is 186 Å². The molecule has 0 radical (unpaired) electrons. The summed E-state index contributed by atoms with van der Waals surface area (Å²) in [5, 5.41) is 12.6. The molecule has 0 saturated carbocycles. The zero-order chi connectivity index (χ0) is 37.1. The van der Waals surface area contributed by atoms with E-state index in [2.05, 4.69) is 184 Å². The van der Waals surface area contributed by atoms with Gasteiger partial charge >= 0.3 is 0 Å². The van der Waals surface area contributed by atoms with Gasteiger partial charge in [0.15, 0.2) is 0 Å². The summed E-state index contributed by atoms with van der Waals surface area (Å²) in [6.07, 6.45) is 0. The standard InChI is InChI=1S/C55H36O/c1-55(2)48-29-27-34(32-47(48)53-40-20-7-4-16-36(40)37-17-5-12-25-45(37)54(53)55)51-41-21-8-10-23-43(41)52(44-24-11-9-22-42(44)51)39-19-6-3-15-35(39)33-28-30-50-46(31-33)38-18-13-14-26-49(38)56-50/h3-32H,1-2H3. The number of hydrogen-bond donors (Lipinski definition) is 0. The third-order valence-electron chi connectivity index (χ3n) is 12.6. The second kappa shape index (κ2) is 11.5. The molecule has 1 aliphatic carbocycles. The van der Waals surface area contributed by atoms with Crippen LogP contribution in [0.4, 0.5) is 0 Å². The minimum atomic E-state index is -0.143. The minimum Gasteiger partial charge on any atom is -0.456 e. The van der Waals surface area contributed by atoms with Crippen LogP contribution in [0.3, 0.4) is 0 Å². The van der Waals surface area contributed by atoms with Gasteiger partial charge in [-0.2, -0.15) is 0 Å². The van der Waals surface area contributed by atoms with E-state index in [-0.39, 0.29) is 5.41 Å². The average molecular weight is 713 g/mol. The highest BCUT2D eigenvalue weighted by Gasteiger charge is 2.38. The van der Waals surface area contributed by atoms with Gasteiger partial charge < -0.3 is 4.42 Å². The largest absolute Gasteiger partial charge is 0.456 e. The number of fused-ring (bicyclic) bond motifs is 13. The van der Waals surface area contributed by atoms with E-state index in [1.165, 1.54) is 98.7 Å². The summed E-state index contributed by atoms with van der Waals surface area (Å²) in [4.78, 5) is 0. The summed E-state index contributed by atoms with van der Waals surface area (Å²) in [5.41, 5.74) is 14.6. The lowest BCUT2D eigenvalue weighted by Crippen LogP contribution is -2.15. The molecule has 10 aromatic carbocycles. The minimum absolute atomic E-state index is 0.143. The highest BCUT2D eigenvalue weighted by molar-refractivity contribution is 6.23. The van der Waals surface area contributed by atoms with Gasteiger partial charge in [-0.05, 0) is 123 Å². The van der Waals surface area contributed by atoms with Crippen molar-refractivity contribution in [3.8, 4) is 44.5 Å². The molecule has 1 nitrogen and oxygen atoms in total. The van der Waals surface area contributed by atoms with Gasteiger partial charge in [0.05, 0.1) is 0 Å². The molecule has 11 aromatic rings. The van der Waals surface area contributed by atoms with Crippen molar-refractivity contribution >= 4 is 65.0 Å². The molecule has 0 aliphatic heterocycles. The van der Waals surface area contributed by atoms with Gasteiger partial charge in [0.1, 0.15) is 11.2 Å². The Morgan fingerprint density at radius 2 is 0.804 bits per heavy atom. The van der Waals surface area contributed by atoms with E-state index < -0.39 is 0 Å². The molecule has 12 rings (SSSR count). The molecule has 0 atom stereocenters. The Morgan fingerprint density at radius 3 is 1.48 bits per heavy atom. The quantitative estimate of drug-likeness (QED) is 0.131. The SMILES string of the molecule is CC1(C)c2ccc(-c3c4ccccc4c(-c4ccccc4-c4ccc5oc6ccccc6c5c4)c4ccccc34)cc2-c2c1c1ccccc1c1ccccc21. The second-order valence-electron chi connectivity index (χ2n) is 15.9. The van der Waals surface area contributed by atoms with Gasteiger partial charge in [-0.1, -0.05) is 172 Å². The topological polar surface area (TPSA) is 13.1 Å². The number of hydrogen-bond acceptors (Lipinski definition) is 1. The molecular weight excluding hydrogens is 677 g/mol. The molecule has 1 heterocycles. The lowest BCUT2D eigenvalue weighted by atomic mass is 9.79. The van der Waals surface area contributed by atoms with Gasteiger partial charge in [0.2, 0.25) is 0 Å². The predicted molar refractivity (Wildman–Crippen MR) is 238 cm³/mol. The lowest BCUT2D eigenvalue weighted by Gasteiger charge is -2.24. The second-order valence-corrected chi connectivity index (χ2v) is 15.9. The summed E-state index contributed by atoms with van der Waals surface area (Å²) in [6.45, 7) is 4.81. The van der Waals surface area contributed by atoms with Crippen LogP contribution in [-0.4, -0.2) is 0 Å². The Balaban J connectivity index is 1.12. The zero-order valence-corrected chi connectivity index (χ0v) is 31.2. The van der Waals surface area contributed by atoms with Crippen LogP contribution in [0.1, 0.15) is 25.0 Å². The van der Waals surface area contributed by atoms with Crippen LogP contribution in [0.2, 0.25) is 0 Å². The highest BCUT2D eigenvalue weighted by atomic mass is 16.3. The first-order valence-corrected chi connectivity index (χ1v) is 19.6. The molecule has 1 aliphatic rings. The normalized spacial score (nSPS) is 13.3. The number of rotatable bonds is 3. The van der Waals surface area contributed by atoms with Crippen molar-refractivity contribution in [1.82, 2.24) is 0 Å². The molecule has 0 saturated heterocycles. The number of para-hydroxylation sites is 1. The number of furan rings is 1. The van der Waals surface area contributed by atoms with Crippen molar-refractivity contribution in [2.75, 3.05) is 0 Å². The van der Waals surface area contributed by atoms with Crippen molar-refractivity contribution in [1.29, 1.82) is 0 Å². The summed E-state index contributed by atoms with van der Waals surface area (Å²) in [7, 11) is 0. The van der Waals surface area contributed by atoms with Gasteiger partial charge in [-0.3, -0.25) is 0 Å². The molecule has 1 aromatic heterocycles. The first-order chi connectivity index (χ1) is 27.6. The molecule has 56 heavy (non-hydrogen) atoms. The molecule has 0 amide bonds. The Hall–Kier alpha value is -6.96. The Bertz CT molecular complexity index is 3390. The smallest absolute Gasteiger partial charge is 0.135 e. The molecular formula is C55H36O. The van der Waals surface area contributed by atoms with E-state index in [1.807, 2.05) is 12.1 Å². The van der Waals surface area contributed by atoms with E-state index in [0.29, 0.717) is 0 Å². The molecule has 0 fully saturated rings. The fourth-order valence-corrected chi connectivity index (χ4v) is 10.2. The summed E-state index contributed by atoms with van der Waals surface area (Å²) in [5.74, 6) is 0. The third-order valence-corrected chi connectivity index (χ3v) is 12.6. The van der Waals surface area contributed by atoms with E-state index in [9.17, 15) is 0 Å². The van der Waals surface area contributed by atoms with Crippen LogP contribution in [-0.2, 0) is 5.41 Å². The zero-order valence-electron chi connectivity index (χ0n) is 31.2. The number of benzene rings is 10. The van der Waals surface area contributed by atoms with Crippen LogP contribution in [0.5, 0.6) is 0 Å². The molecule has 0 unspecified atom stereocenters. The van der Waals surface area contributed by atoms with Crippen LogP contribution < -0.4 is 0 Å². The van der Waals surface area contributed by atoms with Crippen molar-refractivity contribution < 1.29 is 4.42 Å². The van der Waals surface area contributed by atoms with E-state index in [0.717, 1.165) is 21.9 Å². The third kappa shape index (κ3) is 4.26. The van der Waals surface area contributed by atoms with Crippen molar-refractivity contribution in [3.05, 3.63) is 193 Å². The maximum atomic E-state index is 6.23. The van der Waals surface area contributed by atoms with Gasteiger partial charge in [0.25, 0.3) is 0 Å². The lowest BCUT2D eigenvalue weighted by molar-refractivity contribution is 0.666. The van der Waals surface area contributed by atoms with Crippen LogP contribution in [0, 0.1) is 0 Å². The van der Waals surface area contributed by atoms with E-state index in [1.54, 1.807) is 0 Å². The first kappa shape index (κ1) is 31.4. The fourth-order valence-electron chi connectivity index (χ4n) is 10.2. The molecule has 262 valence electrons. The summed E-state index contributed by atoms with van der Waals surface area (Å²) < 4.78 is 6.23. The van der Waals surface area contributed by atoms with Crippen LogP contribution in [0.25, 0.3) is 110 Å². The first-order valence-electron chi connectivity index (χ1n) is 19.6. The highest BCUT2D eigenvalue weighted by Crippen LogP contribution is 2.56. The maximum absolute atomic E-state index is 6.23. The fraction of sp³-hybridized carbons (Fsp3) is 0.0545. The van der Waals surface area contributed by atoms with E-state index in [4.69, 9.17) is 4.42 Å². The molecule has 0 spiro atoms. The Morgan fingerprint density at radius 1 is 0.321 bits per heavy atom. The average Bonchev–Trinajstić information content (AvgIpc) is 3.74. The van der Waals surface area contributed by atoms with Gasteiger partial charge in [-0.15, -0.1) is 0 Å². The van der Waals surface area contributed by atoms with Gasteiger partial charge in [0, 0.05) is 16.2 Å². The van der Waals surface area contributed by atoms with Crippen molar-refractivity contribution in [2.24, 2.45) is 0 Å². The van der Waals surface area contributed by atoms with Crippen molar-refractivity contribution in [3.63, 3.8) is 0 Å². The maximum Gasteiger partial charge on any atom is 0.135 e. The Labute approximate surface area is 325 Å². The summed E-state index contributed by atoms with van der Waals surface area (Å²) >= 11 is 0. The molecule has 0 bridgehead atoms. The Kier molecular flexibility index (Phi) is 6.46. The molecule has 0 N–H and O–H groups in total. The van der Waals surface area contributed by atoms with Crippen LogP contribution >= 0.6 is 0 Å². The predicted octanol–water partition coefficient (Wildman–Crippen LogP) is 15.5. The van der Waals surface area contributed by atoms with Crippen molar-refractivity contribution in [2.45, 2.75) is 19.3 Å².